The Kier molecular flexibility index (Phi) is 5.53. The van der Waals surface area contributed by atoms with Gasteiger partial charge in [-0.3, -0.25) is 0 Å². The van der Waals surface area contributed by atoms with E-state index in [1.54, 1.807) is 0 Å². The van der Waals surface area contributed by atoms with Gasteiger partial charge in [0.2, 0.25) is 10.0 Å². The fourth-order valence-electron chi connectivity index (χ4n) is 2.44. The quantitative estimate of drug-likeness (QED) is 0.899. The van der Waals surface area contributed by atoms with Gasteiger partial charge >= 0.3 is 6.09 Å². The molecule has 9 heteroatoms. The first-order chi connectivity index (χ1) is 10.8. The van der Waals surface area contributed by atoms with E-state index in [2.05, 4.69) is 9.46 Å². The van der Waals surface area contributed by atoms with Gasteiger partial charge in [-0.2, -0.15) is 0 Å². The topological polar surface area (TPSA) is 75.7 Å². The number of hydrogen-bond acceptors (Lipinski definition) is 4. The van der Waals surface area contributed by atoms with E-state index in [0.717, 1.165) is 12.1 Å². The molecule has 0 bridgehead atoms. The summed E-state index contributed by atoms with van der Waals surface area (Å²) in [6.45, 7) is 1.04. The highest BCUT2D eigenvalue weighted by atomic mass is 32.2. The zero-order valence-electron chi connectivity index (χ0n) is 12.6. The predicted molar refractivity (Wildman–Crippen MR) is 78.2 cm³/mol. The Balaban J connectivity index is 1.93. The predicted octanol–water partition coefficient (Wildman–Crippen LogP) is 1.72. The number of methoxy groups -OCH3 is 1. The Bertz CT molecular complexity index is 673. The van der Waals surface area contributed by atoms with E-state index < -0.39 is 32.6 Å². The van der Waals surface area contributed by atoms with Crippen molar-refractivity contribution >= 4 is 16.1 Å². The summed E-state index contributed by atoms with van der Waals surface area (Å²) in [5.74, 6) is -1.81. The number of carbonyl (C=O) groups is 1. The smallest absolute Gasteiger partial charge is 0.409 e. The molecule has 6 nitrogen and oxygen atoms in total. The maximum atomic E-state index is 13.6. The number of rotatable bonds is 4. The standard InChI is InChI=1S/C14H18F2N2O4S/c1-22-14(19)18-6-4-10(5-7-18)9-17-23(20,21)13-8-11(15)2-3-12(13)16/h2-3,8,10,17H,4-7,9H2,1H3. The van der Waals surface area contributed by atoms with Gasteiger partial charge < -0.3 is 9.64 Å². The molecule has 1 fully saturated rings. The van der Waals surface area contributed by atoms with Crippen LogP contribution in [0.2, 0.25) is 0 Å². The van der Waals surface area contributed by atoms with Crippen LogP contribution in [0.15, 0.2) is 23.1 Å². The van der Waals surface area contributed by atoms with Gasteiger partial charge in [0, 0.05) is 19.6 Å². The third kappa shape index (κ3) is 4.38. The number of halogens is 2. The molecule has 1 heterocycles. The van der Waals surface area contributed by atoms with Gasteiger partial charge in [0.25, 0.3) is 0 Å². The molecular weight excluding hydrogens is 330 g/mol. The summed E-state index contributed by atoms with van der Waals surface area (Å²) in [5.41, 5.74) is 0. The molecule has 1 aromatic rings. The van der Waals surface area contributed by atoms with E-state index in [-0.39, 0.29) is 12.5 Å². The number of sulfonamides is 1. The van der Waals surface area contributed by atoms with Crippen molar-refractivity contribution in [2.24, 2.45) is 5.92 Å². The molecule has 0 atom stereocenters. The summed E-state index contributed by atoms with van der Waals surface area (Å²) in [6.07, 6.45) is 0.790. The second kappa shape index (κ2) is 7.22. The molecule has 0 aromatic heterocycles. The van der Waals surface area contributed by atoms with Crippen LogP contribution in [-0.4, -0.2) is 46.2 Å². The molecule has 0 aliphatic carbocycles. The first-order valence-electron chi connectivity index (χ1n) is 7.11. The Labute approximate surface area is 133 Å². The average Bonchev–Trinajstić information content (AvgIpc) is 2.55. The van der Waals surface area contributed by atoms with Crippen molar-refractivity contribution in [3.05, 3.63) is 29.8 Å². The molecule has 0 saturated carbocycles. The van der Waals surface area contributed by atoms with Crippen LogP contribution in [0.4, 0.5) is 13.6 Å². The molecule has 23 heavy (non-hydrogen) atoms. The van der Waals surface area contributed by atoms with E-state index in [4.69, 9.17) is 0 Å². The van der Waals surface area contributed by atoms with Crippen LogP contribution in [0.5, 0.6) is 0 Å². The molecule has 1 aromatic carbocycles. The lowest BCUT2D eigenvalue weighted by Crippen LogP contribution is -2.41. The zero-order chi connectivity index (χ0) is 17.0. The van der Waals surface area contributed by atoms with Crippen LogP contribution in [-0.2, 0) is 14.8 Å². The number of amides is 1. The minimum absolute atomic E-state index is 0.0160. The van der Waals surface area contributed by atoms with Crippen LogP contribution < -0.4 is 4.72 Å². The van der Waals surface area contributed by atoms with E-state index in [0.29, 0.717) is 32.0 Å². The Hall–Kier alpha value is -1.74. The third-order valence-corrected chi connectivity index (χ3v) is 5.23. The van der Waals surface area contributed by atoms with Crippen molar-refractivity contribution in [3.63, 3.8) is 0 Å². The summed E-state index contributed by atoms with van der Waals surface area (Å²) in [5, 5.41) is 0. The van der Waals surface area contributed by atoms with E-state index in [1.165, 1.54) is 12.0 Å². The number of carbonyl (C=O) groups excluding carboxylic acids is 1. The minimum atomic E-state index is -4.12. The highest BCUT2D eigenvalue weighted by Crippen LogP contribution is 2.19. The summed E-state index contributed by atoms with van der Waals surface area (Å²) in [7, 11) is -2.82. The van der Waals surface area contributed by atoms with Crippen molar-refractivity contribution in [1.29, 1.82) is 0 Å². The number of hydrogen-bond donors (Lipinski definition) is 1. The zero-order valence-corrected chi connectivity index (χ0v) is 13.4. The normalized spacial score (nSPS) is 16.4. The van der Waals surface area contributed by atoms with Crippen molar-refractivity contribution in [1.82, 2.24) is 9.62 Å². The third-order valence-electron chi connectivity index (χ3n) is 3.79. The molecule has 1 saturated heterocycles. The SMILES string of the molecule is COC(=O)N1CCC(CNS(=O)(=O)c2cc(F)ccc2F)CC1. The summed E-state index contributed by atoms with van der Waals surface area (Å²) in [6, 6.07) is 2.28. The largest absolute Gasteiger partial charge is 0.453 e. The van der Waals surface area contributed by atoms with Gasteiger partial charge in [-0.05, 0) is 37.0 Å². The monoisotopic (exact) mass is 348 g/mol. The van der Waals surface area contributed by atoms with Gasteiger partial charge in [0.1, 0.15) is 16.5 Å². The molecule has 1 N–H and O–H groups in total. The van der Waals surface area contributed by atoms with Crippen LogP contribution in [0.25, 0.3) is 0 Å². The molecule has 0 radical (unpaired) electrons. The highest BCUT2D eigenvalue weighted by Gasteiger charge is 2.26. The number of piperidine rings is 1. The van der Waals surface area contributed by atoms with Crippen LogP contribution in [0, 0.1) is 17.6 Å². The molecule has 1 aliphatic rings. The second-order valence-corrected chi connectivity index (χ2v) is 7.06. The highest BCUT2D eigenvalue weighted by molar-refractivity contribution is 7.89. The number of likely N-dealkylation sites (tertiary alicyclic amines) is 1. The van der Waals surface area contributed by atoms with Gasteiger partial charge in [-0.25, -0.2) is 26.7 Å². The molecule has 1 amide bonds. The van der Waals surface area contributed by atoms with Gasteiger partial charge in [0.15, 0.2) is 0 Å². The number of ether oxygens (including phenoxy) is 1. The van der Waals surface area contributed by atoms with Gasteiger partial charge in [-0.15, -0.1) is 0 Å². The number of nitrogens with one attached hydrogen (secondary N) is 1. The van der Waals surface area contributed by atoms with E-state index in [1.807, 2.05) is 0 Å². The first kappa shape index (κ1) is 17.6. The van der Waals surface area contributed by atoms with Crippen molar-refractivity contribution < 1.29 is 26.7 Å². The van der Waals surface area contributed by atoms with Gasteiger partial charge in [0.05, 0.1) is 7.11 Å². The fourth-order valence-corrected chi connectivity index (χ4v) is 3.64. The summed E-state index contributed by atoms with van der Waals surface area (Å²) >= 11 is 0. The molecule has 0 spiro atoms. The summed E-state index contributed by atoms with van der Waals surface area (Å²) < 4.78 is 57.7. The molecular formula is C14H18F2N2O4S. The number of nitrogens with zero attached hydrogens (tertiary/aromatic N) is 1. The van der Waals surface area contributed by atoms with E-state index in [9.17, 15) is 22.0 Å². The van der Waals surface area contributed by atoms with Crippen LogP contribution in [0.1, 0.15) is 12.8 Å². The first-order valence-corrected chi connectivity index (χ1v) is 8.59. The van der Waals surface area contributed by atoms with Crippen molar-refractivity contribution in [2.75, 3.05) is 26.7 Å². The summed E-state index contributed by atoms with van der Waals surface area (Å²) in [4.78, 5) is 12.2. The lowest BCUT2D eigenvalue weighted by Gasteiger charge is -2.30. The molecule has 0 unspecified atom stereocenters. The second-order valence-electron chi connectivity index (χ2n) is 5.33. The van der Waals surface area contributed by atoms with E-state index >= 15 is 0 Å². The Morgan fingerprint density at radius 3 is 2.61 bits per heavy atom. The van der Waals surface area contributed by atoms with Crippen molar-refractivity contribution in [3.8, 4) is 0 Å². The molecule has 2 rings (SSSR count). The maximum absolute atomic E-state index is 13.6. The lowest BCUT2D eigenvalue weighted by atomic mass is 9.97. The van der Waals surface area contributed by atoms with Crippen LogP contribution in [0.3, 0.4) is 0 Å². The lowest BCUT2D eigenvalue weighted by molar-refractivity contribution is 0.106. The Morgan fingerprint density at radius 1 is 1.35 bits per heavy atom. The van der Waals surface area contributed by atoms with Gasteiger partial charge in [-0.1, -0.05) is 0 Å². The maximum Gasteiger partial charge on any atom is 0.409 e. The van der Waals surface area contributed by atoms with Crippen LogP contribution >= 0.6 is 0 Å². The molecule has 1 aliphatic heterocycles. The minimum Gasteiger partial charge on any atom is -0.453 e. The van der Waals surface area contributed by atoms with Crippen molar-refractivity contribution in [2.45, 2.75) is 17.7 Å². The fraction of sp³-hybridized carbons (Fsp3) is 0.500. The Morgan fingerprint density at radius 2 is 2.00 bits per heavy atom. The number of benzene rings is 1. The average molecular weight is 348 g/mol. The molecule has 128 valence electrons.